The van der Waals surface area contributed by atoms with Crippen LogP contribution in [0.2, 0.25) is 0 Å². The molecule has 1 heteroatoms. The molecule has 1 aliphatic carbocycles. The molecule has 0 saturated heterocycles. The van der Waals surface area contributed by atoms with E-state index in [1.54, 1.807) is 0 Å². The van der Waals surface area contributed by atoms with Crippen LogP contribution in [-0.2, 0) is 5.60 Å². The lowest BCUT2D eigenvalue weighted by Crippen LogP contribution is -2.34. The molecule has 0 unspecified atom stereocenters. The number of rotatable bonds is 3. The Balaban J connectivity index is 1.82. The number of hydrogen-bond donors (Lipinski definition) is 1. The Labute approximate surface area is 172 Å². The zero-order valence-electron chi connectivity index (χ0n) is 16.8. The molecule has 4 aromatic rings. The van der Waals surface area contributed by atoms with E-state index in [2.05, 4.69) is 111 Å². The van der Waals surface area contributed by atoms with Crippen LogP contribution in [0.4, 0.5) is 0 Å². The van der Waals surface area contributed by atoms with E-state index in [4.69, 9.17) is 0 Å². The summed E-state index contributed by atoms with van der Waals surface area (Å²) in [5.41, 5.74) is 7.84. The summed E-state index contributed by atoms with van der Waals surface area (Å²) < 4.78 is 0. The zero-order chi connectivity index (χ0) is 20.0. The quantitative estimate of drug-likeness (QED) is 0.441. The van der Waals surface area contributed by atoms with Crippen molar-refractivity contribution in [3.05, 3.63) is 130 Å². The summed E-state index contributed by atoms with van der Waals surface area (Å²) in [4.78, 5) is 0. The summed E-state index contributed by atoms with van der Waals surface area (Å²) in [5, 5.41) is 12.5. The second kappa shape index (κ2) is 6.72. The van der Waals surface area contributed by atoms with Crippen molar-refractivity contribution in [1.82, 2.24) is 0 Å². The van der Waals surface area contributed by atoms with Crippen molar-refractivity contribution in [2.45, 2.75) is 25.4 Å². The molecule has 0 radical (unpaired) electrons. The first-order valence-corrected chi connectivity index (χ1v) is 10.1. The normalized spacial score (nSPS) is 13.2. The first-order chi connectivity index (χ1) is 14.1. The fourth-order valence-electron chi connectivity index (χ4n) is 4.72. The van der Waals surface area contributed by atoms with Crippen molar-refractivity contribution in [2.24, 2.45) is 0 Å². The van der Waals surface area contributed by atoms with Crippen molar-refractivity contribution < 1.29 is 5.11 Å². The summed E-state index contributed by atoms with van der Waals surface area (Å²) >= 11 is 0. The Hall–Kier alpha value is -3.16. The van der Waals surface area contributed by atoms with Gasteiger partial charge >= 0.3 is 0 Å². The number of fused-ring (bicyclic) bond motifs is 3. The smallest absolute Gasteiger partial charge is 0.125 e. The van der Waals surface area contributed by atoms with Crippen LogP contribution >= 0.6 is 0 Å². The van der Waals surface area contributed by atoms with E-state index < -0.39 is 5.60 Å². The van der Waals surface area contributed by atoms with Crippen molar-refractivity contribution in [3.63, 3.8) is 0 Å². The maximum atomic E-state index is 12.5. The Kier molecular flexibility index (Phi) is 4.15. The van der Waals surface area contributed by atoms with Crippen molar-refractivity contribution in [2.75, 3.05) is 0 Å². The summed E-state index contributed by atoms with van der Waals surface area (Å²) in [7, 11) is 0. The van der Waals surface area contributed by atoms with Crippen LogP contribution in [-0.4, -0.2) is 5.11 Å². The highest BCUT2D eigenvalue weighted by Crippen LogP contribution is 2.54. The highest BCUT2D eigenvalue weighted by Gasteiger charge is 2.46. The van der Waals surface area contributed by atoms with Gasteiger partial charge in [0.25, 0.3) is 0 Å². The van der Waals surface area contributed by atoms with Crippen LogP contribution < -0.4 is 0 Å². The minimum Gasteiger partial charge on any atom is -0.379 e. The molecule has 0 heterocycles. The van der Waals surface area contributed by atoms with E-state index >= 15 is 0 Å². The van der Waals surface area contributed by atoms with Crippen LogP contribution in [0.3, 0.4) is 0 Å². The average Bonchev–Trinajstić information content (AvgIpc) is 3.09. The Bertz CT molecular complexity index is 1080. The molecule has 0 aromatic heterocycles. The van der Waals surface area contributed by atoms with Crippen LogP contribution in [0.5, 0.6) is 0 Å². The highest BCUT2D eigenvalue weighted by molar-refractivity contribution is 5.80. The first kappa shape index (κ1) is 17.9. The molecule has 142 valence electrons. The highest BCUT2D eigenvalue weighted by atomic mass is 16.3. The van der Waals surface area contributed by atoms with Gasteiger partial charge in [0.2, 0.25) is 0 Å². The molecule has 0 spiro atoms. The minimum absolute atomic E-state index is 0.166. The molecule has 5 rings (SSSR count). The molecule has 0 aliphatic heterocycles. The molecular formula is C28H24O. The van der Waals surface area contributed by atoms with E-state index in [-0.39, 0.29) is 5.92 Å². The van der Waals surface area contributed by atoms with Gasteiger partial charge in [-0.2, -0.15) is 0 Å². The van der Waals surface area contributed by atoms with Gasteiger partial charge in [-0.3, -0.25) is 0 Å². The largest absolute Gasteiger partial charge is 0.379 e. The summed E-state index contributed by atoms with van der Waals surface area (Å²) in [6.07, 6.45) is 0. The molecule has 4 aromatic carbocycles. The SMILES string of the molecule is Cc1ccc(C(O)(c2ccc(C)cc2)C2c3ccccc3-c3ccccc32)cc1. The van der Waals surface area contributed by atoms with Crippen molar-refractivity contribution in [3.8, 4) is 11.1 Å². The maximum absolute atomic E-state index is 12.5. The Morgan fingerprint density at radius 3 is 1.34 bits per heavy atom. The molecule has 0 bridgehead atoms. The molecule has 29 heavy (non-hydrogen) atoms. The van der Waals surface area contributed by atoms with Gasteiger partial charge in [-0.1, -0.05) is 108 Å². The first-order valence-electron chi connectivity index (χ1n) is 10.1. The van der Waals surface area contributed by atoms with Crippen molar-refractivity contribution >= 4 is 0 Å². The lowest BCUT2D eigenvalue weighted by Gasteiger charge is -2.37. The van der Waals surface area contributed by atoms with Gasteiger partial charge in [-0.05, 0) is 47.2 Å². The summed E-state index contributed by atoms with van der Waals surface area (Å²) in [6, 6.07) is 33.6. The monoisotopic (exact) mass is 376 g/mol. The molecule has 1 aliphatic rings. The average molecular weight is 376 g/mol. The summed E-state index contributed by atoms with van der Waals surface area (Å²) in [5.74, 6) is -0.166. The van der Waals surface area contributed by atoms with Gasteiger partial charge < -0.3 is 5.11 Å². The van der Waals surface area contributed by atoms with E-state index in [9.17, 15) is 5.11 Å². The van der Waals surface area contributed by atoms with E-state index in [1.165, 1.54) is 33.4 Å². The molecule has 0 fully saturated rings. The minimum atomic E-state index is -1.16. The molecular weight excluding hydrogens is 352 g/mol. The lowest BCUT2D eigenvalue weighted by molar-refractivity contribution is 0.0638. The van der Waals surface area contributed by atoms with Crippen LogP contribution in [0.25, 0.3) is 11.1 Å². The lowest BCUT2D eigenvalue weighted by atomic mass is 9.71. The Morgan fingerprint density at radius 1 is 0.552 bits per heavy atom. The van der Waals surface area contributed by atoms with E-state index in [0.29, 0.717) is 0 Å². The van der Waals surface area contributed by atoms with Crippen LogP contribution in [0, 0.1) is 13.8 Å². The van der Waals surface area contributed by atoms with E-state index in [0.717, 1.165) is 11.1 Å². The predicted molar refractivity (Wildman–Crippen MR) is 119 cm³/mol. The molecule has 0 saturated carbocycles. The topological polar surface area (TPSA) is 20.2 Å². The van der Waals surface area contributed by atoms with E-state index in [1.807, 2.05) is 0 Å². The fourth-order valence-corrected chi connectivity index (χ4v) is 4.72. The maximum Gasteiger partial charge on any atom is 0.125 e. The molecule has 1 nitrogen and oxygen atoms in total. The van der Waals surface area contributed by atoms with Gasteiger partial charge in [0.1, 0.15) is 5.60 Å². The second-order valence-electron chi connectivity index (χ2n) is 8.11. The van der Waals surface area contributed by atoms with Crippen LogP contribution in [0.1, 0.15) is 39.3 Å². The standard InChI is InChI=1S/C28H24O/c1-19-11-15-21(16-12-19)28(29,22-17-13-20(2)14-18-22)27-25-9-5-3-7-23(25)24-8-4-6-10-26(24)27/h3-18,27,29H,1-2H3. The molecule has 1 N–H and O–H groups in total. The van der Waals surface area contributed by atoms with Gasteiger partial charge in [-0.25, -0.2) is 0 Å². The van der Waals surface area contributed by atoms with Gasteiger partial charge in [0, 0.05) is 5.92 Å². The number of benzene rings is 4. The fraction of sp³-hybridized carbons (Fsp3) is 0.143. The second-order valence-corrected chi connectivity index (χ2v) is 8.11. The number of hydrogen-bond acceptors (Lipinski definition) is 1. The third kappa shape index (κ3) is 2.73. The molecule has 0 atom stereocenters. The van der Waals surface area contributed by atoms with Crippen LogP contribution in [0.15, 0.2) is 97.1 Å². The van der Waals surface area contributed by atoms with Gasteiger partial charge in [0.05, 0.1) is 0 Å². The summed E-state index contributed by atoms with van der Waals surface area (Å²) in [6.45, 7) is 4.16. The van der Waals surface area contributed by atoms with Gasteiger partial charge in [-0.15, -0.1) is 0 Å². The predicted octanol–water partition coefficient (Wildman–Crippen LogP) is 6.35. The third-order valence-corrected chi connectivity index (χ3v) is 6.23. The van der Waals surface area contributed by atoms with Crippen molar-refractivity contribution in [1.29, 1.82) is 0 Å². The number of aliphatic hydroxyl groups is 1. The Morgan fingerprint density at radius 2 is 0.931 bits per heavy atom. The van der Waals surface area contributed by atoms with Gasteiger partial charge in [0.15, 0.2) is 0 Å². The number of aryl methyl sites for hydroxylation is 2. The molecule has 0 amide bonds. The zero-order valence-corrected chi connectivity index (χ0v) is 16.8. The third-order valence-electron chi connectivity index (χ3n) is 6.23.